The molecule has 0 saturated heterocycles. The van der Waals surface area contributed by atoms with Gasteiger partial charge >= 0.3 is 0 Å². The number of ether oxygens (including phenoxy) is 9. The zero-order valence-corrected chi connectivity index (χ0v) is 56.3. The number of hydrogen-bond acceptors (Lipinski definition) is 22. The first kappa shape index (κ1) is 73.3. The van der Waals surface area contributed by atoms with Gasteiger partial charge in [0.05, 0.1) is 128 Å². The summed E-state index contributed by atoms with van der Waals surface area (Å²) in [4.78, 5) is 55.5. The third kappa shape index (κ3) is 19.5. The maximum Gasteiger partial charge on any atom is 0.277 e. The maximum absolute atomic E-state index is 14.6. The maximum atomic E-state index is 14.6. The second-order valence-electron chi connectivity index (χ2n) is 26.5. The SMILES string of the molecule is CO[C@@H]1C[C@@H](C)CC2C(=O)C(=CC(=O)C2=NCCOCCOCCOCCOCCOCCOCCn2cc(CN(C)CCOc3ccc([C@H]4C[C@@]5(C)C(CC[C@@H]5O)C5CCc6cc(O)ccc6C54)cc3)nn2)N2O[C@H](C=CC=C(C)C2=O)[C@H](OC(N)O)C(C)=C[C@@H](C)[C@@H]1O. The first-order chi connectivity index (χ1) is 45.8. The third-order valence-corrected chi connectivity index (χ3v) is 19.7. The van der Waals surface area contributed by atoms with Gasteiger partial charge in [-0.05, 0) is 147 Å². The van der Waals surface area contributed by atoms with Crippen molar-refractivity contribution in [3.05, 3.63) is 118 Å². The predicted molar refractivity (Wildman–Crippen MR) is 352 cm³/mol. The van der Waals surface area contributed by atoms with Crippen LogP contribution in [0, 0.1) is 35.0 Å². The molecule has 4 bridgehead atoms. The van der Waals surface area contributed by atoms with Crippen LogP contribution in [0.15, 0.2) is 101 Å². The molecule has 95 heavy (non-hydrogen) atoms. The van der Waals surface area contributed by atoms with Crippen molar-refractivity contribution in [1.29, 1.82) is 0 Å². The van der Waals surface area contributed by atoms with Gasteiger partial charge in [0.25, 0.3) is 5.91 Å². The van der Waals surface area contributed by atoms with E-state index in [0.29, 0.717) is 128 Å². The molecule has 3 aromatic rings. The summed E-state index contributed by atoms with van der Waals surface area (Å²) in [7, 11) is 3.54. The Hall–Kier alpha value is -5.94. The molecular weight excluding hydrogens is 1220 g/mol. The summed E-state index contributed by atoms with van der Waals surface area (Å²) in [6.45, 7) is 16.2. The number of phenols is 1. The number of aliphatic imine (C=N–C) groups is 1. The highest BCUT2D eigenvalue weighted by molar-refractivity contribution is 6.51. The van der Waals surface area contributed by atoms with Crippen molar-refractivity contribution in [3.63, 3.8) is 0 Å². The van der Waals surface area contributed by atoms with Crippen molar-refractivity contribution in [2.45, 2.75) is 141 Å². The Morgan fingerprint density at radius 2 is 1.54 bits per heavy atom. The van der Waals surface area contributed by atoms with Gasteiger partial charge in [-0.25, -0.2) is 4.68 Å². The number of likely N-dealkylation sites (N-methyl/N-ethyl adjacent to an activating group) is 1. The lowest BCUT2D eigenvalue weighted by Crippen LogP contribution is -2.48. The third-order valence-electron chi connectivity index (χ3n) is 19.7. The average molecular weight is 1320 g/mol. The Morgan fingerprint density at radius 1 is 0.863 bits per heavy atom. The number of methoxy groups -OCH3 is 1. The van der Waals surface area contributed by atoms with Gasteiger partial charge in [-0.1, -0.05) is 68.5 Å². The summed E-state index contributed by atoms with van der Waals surface area (Å²) in [6.07, 6.45) is 9.11. The second-order valence-corrected chi connectivity index (χ2v) is 26.5. The molecule has 2 saturated carbocycles. The Balaban J connectivity index is 0.597. The molecule has 0 spiro atoms. The van der Waals surface area contributed by atoms with Crippen molar-refractivity contribution in [2.75, 3.05) is 113 Å². The van der Waals surface area contributed by atoms with Gasteiger partial charge in [-0.2, -0.15) is 5.06 Å². The predicted octanol–water partition coefficient (Wildman–Crippen LogP) is 5.95. The van der Waals surface area contributed by atoms with E-state index < -0.39 is 60.1 Å². The zero-order chi connectivity index (χ0) is 67.6. The van der Waals surface area contributed by atoms with Crippen LogP contribution in [0.5, 0.6) is 11.5 Å². The number of hydroxylamine groups is 2. The van der Waals surface area contributed by atoms with Gasteiger partial charge in [0.1, 0.15) is 36.0 Å². The molecule has 6 aliphatic rings. The molecule has 9 rings (SSSR count). The number of carbonyl (C=O) groups is 3. The number of hydrogen-bond donors (Lipinski definition) is 5. The summed E-state index contributed by atoms with van der Waals surface area (Å²) in [5.74, 6) is -0.755. The van der Waals surface area contributed by atoms with E-state index in [1.807, 2.05) is 39.2 Å². The van der Waals surface area contributed by atoms with Crippen molar-refractivity contribution in [3.8, 4) is 11.5 Å². The Bertz CT molecular complexity index is 3150. The van der Waals surface area contributed by atoms with E-state index in [1.165, 1.54) is 23.8 Å². The molecule has 24 nitrogen and oxygen atoms in total. The standard InChI is InChI=1S/C71H101N7O17/c1-45-37-56-65(60(80)41-59(67(56)83)78-69(84)46(2)9-8-10-61(95-78)68(94-70(72)85)48(4)39-47(3)66(82)62(38-45)86-7)73-21-24-87-27-29-89-31-33-91-35-36-92-34-32-90-30-28-88-25-23-77-44-51(74-75-77)43-76(6)22-26-93-53-15-11-49(12-16-53)57-42-71(5)58(19-20-63(71)81)55-17-13-50-40-52(79)14-18-54(50)64(55)57/h8-12,14-16,18,39-41,44-45,47,55-58,61-64,66,68,70,79,81-82,85H,13,17,19-38,42-43,72H2,1-7H3/t45-,47+,55?,56?,57+,58?,61+,62+,63-,64?,66-,68+,70?,71-/m0/s1. The number of allylic oxidation sites excluding steroid dienone is 4. The van der Waals surface area contributed by atoms with E-state index in [9.17, 15) is 34.8 Å². The monoisotopic (exact) mass is 1320 g/mol. The minimum absolute atomic E-state index is 0.0257. The fourth-order valence-corrected chi connectivity index (χ4v) is 14.8. The molecule has 2 aromatic carbocycles. The minimum Gasteiger partial charge on any atom is -0.508 e. The quantitative estimate of drug-likeness (QED) is 0.0282. The van der Waals surface area contributed by atoms with Gasteiger partial charge in [0.2, 0.25) is 12.2 Å². The number of nitrogens with two attached hydrogens (primary N) is 1. The number of ketones is 2. The van der Waals surface area contributed by atoms with E-state index >= 15 is 0 Å². The number of aryl methyl sites for hydroxylation is 1. The number of carbonyl (C=O) groups excluding carboxylic acids is 3. The number of Topliss-reactive ketones (excluding diaryl/α,β-unsaturated/α-hetero) is 1. The number of aromatic hydroxyl groups is 1. The number of nitrogens with zero attached hydrogens (tertiary/aromatic N) is 6. The summed E-state index contributed by atoms with van der Waals surface area (Å²) >= 11 is 0. The Kier molecular flexibility index (Phi) is 27.4. The molecule has 1 aromatic heterocycles. The van der Waals surface area contributed by atoms with Gasteiger partial charge in [0, 0.05) is 44.0 Å². The van der Waals surface area contributed by atoms with Crippen LogP contribution < -0.4 is 10.5 Å². The number of phenolic OH excluding ortho intramolecular Hbond substituents is 1. The highest BCUT2D eigenvalue weighted by Gasteiger charge is 2.58. The lowest BCUT2D eigenvalue weighted by atomic mass is 9.51. The van der Waals surface area contributed by atoms with E-state index in [2.05, 4.69) is 57.5 Å². The molecule has 1 amide bonds. The van der Waals surface area contributed by atoms with Gasteiger partial charge in [-0.3, -0.25) is 34.8 Å². The van der Waals surface area contributed by atoms with Crippen LogP contribution in [0.4, 0.5) is 0 Å². The smallest absolute Gasteiger partial charge is 0.277 e. The number of aromatic nitrogens is 3. The molecule has 2 fully saturated rings. The van der Waals surface area contributed by atoms with Crippen LogP contribution in [-0.2, 0) is 76.6 Å². The minimum atomic E-state index is -1.74. The van der Waals surface area contributed by atoms with Crippen molar-refractivity contribution in [2.24, 2.45) is 45.7 Å². The number of rotatable bonds is 31. The Labute approximate surface area is 558 Å². The molecule has 14 atom stereocenters. The van der Waals surface area contributed by atoms with Crippen LogP contribution in [0.1, 0.15) is 107 Å². The molecule has 2 aliphatic heterocycles. The number of fused-ring (bicyclic) bond motifs is 10. The van der Waals surface area contributed by atoms with Crippen LogP contribution >= 0.6 is 0 Å². The van der Waals surface area contributed by atoms with Gasteiger partial charge in [-0.15, -0.1) is 5.10 Å². The van der Waals surface area contributed by atoms with Crippen molar-refractivity contribution >= 4 is 23.2 Å². The largest absolute Gasteiger partial charge is 0.508 e. The molecule has 4 aliphatic carbocycles. The van der Waals surface area contributed by atoms with Gasteiger partial charge < -0.3 is 63.1 Å². The van der Waals surface area contributed by atoms with Crippen molar-refractivity contribution in [1.82, 2.24) is 25.0 Å². The van der Waals surface area contributed by atoms with Crippen LogP contribution in [-0.4, -0.2) is 219 Å². The normalized spacial score (nSPS) is 28.8. The topological polar surface area (TPSA) is 300 Å². The first-order valence-electron chi connectivity index (χ1n) is 33.8. The molecule has 0 radical (unpaired) electrons. The van der Waals surface area contributed by atoms with E-state index in [0.717, 1.165) is 54.7 Å². The van der Waals surface area contributed by atoms with Crippen molar-refractivity contribution < 1.29 is 82.3 Å². The summed E-state index contributed by atoms with van der Waals surface area (Å²) in [5.41, 5.74) is 10.9. The summed E-state index contributed by atoms with van der Waals surface area (Å²) < 4.78 is 53.6. The van der Waals surface area contributed by atoms with Gasteiger partial charge in [0.15, 0.2) is 5.78 Å². The highest BCUT2D eigenvalue weighted by Crippen LogP contribution is 2.65. The van der Waals surface area contributed by atoms with Crippen LogP contribution in [0.3, 0.4) is 0 Å². The summed E-state index contributed by atoms with van der Waals surface area (Å²) in [5, 5.41) is 52.7. The number of aliphatic hydroxyl groups excluding tert-OH is 3. The van der Waals surface area contributed by atoms with E-state index in [-0.39, 0.29) is 66.5 Å². The van der Waals surface area contributed by atoms with Crippen LogP contribution in [0.25, 0.3) is 0 Å². The zero-order valence-electron chi connectivity index (χ0n) is 56.3. The molecular formula is C71H101N7O17. The highest BCUT2D eigenvalue weighted by atomic mass is 16.7. The fourth-order valence-electron chi connectivity index (χ4n) is 14.8. The summed E-state index contributed by atoms with van der Waals surface area (Å²) in [6, 6.07) is 14.6. The lowest BCUT2D eigenvalue weighted by molar-refractivity contribution is -0.215. The number of aliphatic hydroxyl groups is 3. The number of amides is 1. The fraction of sp³-hybridized carbons (Fsp3) is 0.634. The first-order valence-corrected chi connectivity index (χ1v) is 33.8. The molecule has 24 heteroatoms. The average Bonchev–Trinajstić information content (AvgIpc) is 1.69. The van der Waals surface area contributed by atoms with Crippen LogP contribution in [0.2, 0.25) is 0 Å². The van der Waals surface area contributed by atoms with E-state index in [1.54, 1.807) is 42.8 Å². The Morgan fingerprint density at radius 3 is 2.21 bits per heavy atom. The molecule has 522 valence electrons. The molecule has 5 unspecified atom stereocenters. The lowest BCUT2D eigenvalue weighted by Gasteiger charge is -2.54. The second kappa shape index (κ2) is 35.5. The number of benzene rings is 2. The van der Waals surface area contributed by atoms with E-state index in [4.69, 9.17) is 53.2 Å². The molecule has 6 N–H and O–H groups in total. The molecule has 3 heterocycles.